The molecule has 0 aliphatic heterocycles. The lowest BCUT2D eigenvalue weighted by atomic mass is 10.1. The number of rotatable bonds is 1. The Morgan fingerprint density at radius 3 is 2.33 bits per heavy atom. The van der Waals surface area contributed by atoms with Crippen LogP contribution in [0.15, 0.2) is 12.1 Å². The first-order chi connectivity index (χ1) is 6.73. The predicted octanol–water partition coefficient (Wildman–Crippen LogP) is 1.90. The van der Waals surface area contributed by atoms with Gasteiger partial charge in [-0.25, -0.2) is 0 Å². The molecule has 0 aromatic heterocycles. The van der Waals surface area contributed by atoms with Crippen LogP contribution in [0.3, 0.4) is 0 Å². The molecule has 0 saturated heterocycles. The third-order valence-corrected chi connectivity index (χ3v) is 1.65. The second-order valence-corrected chi connectivity index (χ2v) is 2.68. The van der Waals surface area contributed by atoms with E-state index in [9.17, 15) is 23.3 Å². The van der Waals surface area contributed by atoms with E-state index in [1.807, 2.05) is 0 Å². The molecule has 0 aliphatic rings. The summed E-state index contributed by atoms with van der Waals surface area (Å²) in [5, 5.41) is 19.2. The van der Waals surface area contributed by atoms with Crippen LogP contribution in [0.25, 0.3) is 0 Å². The number of phenols is 1. The highest BCUT2D eigenvalue weighted by Gasteiger charge is 2.36. The average Bonchev–Trinajstić information content (AvgIpc) is 2.06. The van der Waals surface area contributed by atoms with Gasteiger partial charge in [0.1, 0.15) is 11.4 Å². The molecule has 0 saturated carbocycles. The number of nitro groups is 1. The van der Waals surface area contributed by atoms with E-state index in [0.29, 0.717) is 12.1 Å². The Morgan fingerprint density at radius 2 is 1.93 bits per heavy atom. The normalized spacial score (nSPS) is 11.4. The monoisotopic (exact) mass is 222 g/mol. The summed E-state index contributed by atoms with van der Waals surface area (Å²) in [6, 6.07) is 0.896. The Morgan fingerprint density at radius 1 is 1.40 bits per heavy atom. The summed E-state index contributed by atoms with van der Waals surface area (Å²) in [6.07, 6.45) is -4.84. The maximum atomic E-state index is 12.3. The molecule has 0 spiro atoms. The molecule has 15 heavy (non-hydrogen) atoms. The number of benzene rings is 1. The first-order valence-electron chi connectivity index (χ1n) is 3.57. The van der Waals surface area contributed by atoms with Crippen LogP contribution in [-0.2, 0) is 6.18 Å². The molecule has 0 unspecified atom stereocenters. The lowest BCUT2D eigenvalue weighted by molar-refractivity contribution is -0.384. The van der Waals surface area contributed by atoms with Crippen molar-refractivity contribution in [1.29, 1.82) is 0 Å². The van der Waals surface area contributed by atoms with Gasteiger partial charge in [0.15, 0.2) is 0 Å². The standard InChI is InChI=1S/C7H5F3N2O3/c8-7(9,10)4-1-3(13)2-5(6(4)11)12(14)15/h1-2,13H,11H2. The lowest BCUT2D eigenvalue weighted by Crippen LogP contribution is -2.10. The van der Waals surface area contributed by atoms with E-state index < -0.39 is 33.8 Å². The van der Waals surface area contributed by atoms with Gasteiger partial charge in [0, 0.05) is 0 Å². The number of phenolic OH excluding ortho intramolecular Hbond substituents is 1. The largest absolute Gasteiger partial charge is 0.508 e. The van der Waals surface area contributed by atoms with E-state index in [4.69, 9.17) is 10.8 Å². The van der Waals surface area contributed by atoms with E-state index in [2.05, 4.69) is 0 Å². The van der Waals surface area contributed by atoms with Crippen molar-refractivity contribution in [2.45, 2.75) is 6.18 Å². The number of anilines is 1. The van der Waals surface area contributed by atoms with Crippen LogP contribution in [0, 0.1) is 10.1 Å². The number of aromatic hydroxyl groups is 1. The number of nitrogens with two attached hydrogens (primary N) is 1. The summed E-state index contributed by atoms with van der Waals surface area (Å²) in [6.45, 7) is 0. The quantitative estimate of drug-likeness (QED) is 0.328. The van der Waals surface area contributed by atoms with Crippen molar-refractivity contribution in [3.63, 3.8) is 0 Å². The van der Waals surface area contributed by atoms with Crippen LogP contribution in [0.4, 0.5) is 24.5 Å². The molecule has 5 nitrogen and oxygen atoms in total. The molecule has 0 aliphatic carbocycles. The van der Waals surface area contributed by atoms with E-state index in [1.165, 1.54) is 0 Å². The molecular formula is C7H5F3N2O3. The summed E-state index contributed by atoms with van der Waals surface area (Å²) in [5.74, 6) is -0.858. The molecule has 0 fully saturated rings. The maximum Gasteiger partial charge on any atom is 0.418 e. The predicted molar refractivity (Wildman–Crippen MR) is 44.2 cm³/mol. The van der Waals surface area contributed by atoms with Crippen molar-refractivity contribution >= 4 is 11.4 Å². The first-order valence-corrected chi connectivity index (χ1v) is 3.57. The number of hydrogen-bond donors (Lipinski definition) is 2. The number of nitrogen functional groups attached to an aromatic ring is 1. The highest BCUT2D eigenvalue weighted by Crippen LogP contribution is 2.40. The van der Waals surface area contributed by atoms with Gasteiger partial charge in [0.2, 0.25) is 0 Å². The lowest BCUT2D eigenvalue weighted by Gasteiger charge is -2.10. The average molecular weight is 222 g/mol. The summed E-state index contributed by atoms with van der Waals surface area (Å²) in [4.78, 5) is 9.21. The van der Waals surface area contributed by atoms with E-state index in [0.717, 1.165) is 0 Å². The van der Waals surface area contributed by atoms with Crippen LogP contribution in [0.5, 0.6) is 5.75 Å². The molecule has 82 valence electrons. The first kappa shape index (κ1) is 11.1. The summed E-state index contributed by atoms with van der Waals surface area (Å²) in [7, 11) is 0. The Hall–Kier alpha value is -1.99. The minimum absolute atomic E-state index is 0.336. The third kappa shape index (κ3) is 2.09. The van der Waals surface area contributed by atoms with E-state index in [-0.39, 0.29) is 0 Å². The molecule has 0 radical (unpaired) electrons. The smallest absolute Gasteiger partial charge is 0.418 e. The van der Waals surface area contributed by atoms with Gasteiger partial charge in [-0.05, 0) is 6.07 Å². The van der Waals surface area contributed by atoms with Gasteiger partial charge in [0.25, 0.3) is 5.69 Å². The number of nitro benzene ring substituents is 1. The molecule has 3 N–H and O–H groups in total. The Kier molecular flexibility index (Phi) is 2.44. The van der Waals surface area contributed by atoms with Crippen molar-refractivity contribution in [3.05, 3.63) is 27.8 Å². The minimum atomic E-state index is -4.84. The Bertz CT molecular complexity index is 417. The number of halogens is 3. The highest BCUT2D eigenvalue weighted by molar-refractivity contribution is 5.66. The molecular weight excluding hydrogens is 217 g/mol. The molecule has 8 heteroatoms. The van der Waals surface area contributed by atoms with Gasteiger partial charge in [-0.15, -0.1) is 0 Å². The topological polar surface area (TPSA) is 89.4 Å². The number of hydrogen-bond acceptors (Lipinski definition) is 4. The molecule has 0 amide bonds. The van der Waals surface area contributed by atoms with Gasteiger partial charge in [-0.2, -0.15) is 13.2 Å². The van der Waals surface area contributed by atoms with Gasteiger partial charge in [0.05, 0.1) is 16.6 Å². The van der Waals surface area contributed by atoms with Gasteiger partial charge in [-0.1, -0.05) is 0 Å². The fraction of sp³-hybridized carbons (Fsp3) is 0.143. The minimum Gasteiger partial charge on any atom is -0.508 e. The molecule has 0 heterocycles. The van der Waals surface area contributed by atoms with Gasteiger partial charge < -0.3 is 10.8 Å². The summed E-state index contributed by atoms with van der Waals surface area (Å²) < 4.78 is 36.8. The SMILES string of the molecule is Nc1c([N+](=O)[O-])cc(O)cc1C(F)(F)F. The second-order valence-electron chi connectivity index (χ2n) is 2.68. The zero-order valence-corrected chi connectivity index (χ0v) is 7.08. The fourth-order valence-corrected chi connectivity index (χ4v) is 1.01. The van der Waals surface area contributed by atoms with E-state index in [1.54, 1.807) is 0 Å². The van der Waals surface area contributed by atoms with Gasteiger partial charge >= 0.3 is 6.18 Å². The Balaban J connectivity index is 3.49. The van der Waals surface area contributed by atoms with Crippen molar-refractivity contribution < 1.29 is 23.2 Å². The van der Waals surface area contributed by atoms with Crippen molar-refractivity contribution in [2.75, 3.05) is 5.73 Å². The number of alkyl halides is 3. The molecule has 1 aromatic carbocycles. The molecule has 1 rings (SSSR count). The second kappa shape index (κ2) is 3.30. The highest BCUT2D eigenvalue weighted by atomic mass is 19.4. The summed E-state index contributed by atoms with van der Waals surface area (Å²) >= 11 is 0. The molecule has 0 atom stereocenters. The van der Waals surface area contributed by atoms with Gasteiger partial charge in [-0.3, -0.25) is 10.1 Å². The maximum absolute atomic E-state index is 12.3. The van der Waals surface area contributed by atoms with Crippen LogP contribution < -0.4 is 5.73 Å². The van der Waals surface area contributed by atoms with Crippen molar-refractivity contribution in [2.24, 2.45) is 0 Å². The fourth-order valence-electron chi connectivity index (χ4n) is 1.01. The Labute approximate surface area is 81.1 Å². The number of nitrogens with zero attached hydrogens (tertiary/aromatic N) is 1. The zero-order valence-electron chi connectivity index (χ0n) is 7.08. The van der Waals surface area contributed by atoms with Crippen LogP contribution >= 0.6 is 0 Å². The molecule has 1 aromatic rings. The van der Waals surface area contributed by atoms with Crippen LogP contribution in [0.1, 0.15) is 5.56 Å². The van der Waals surface area contributed by atoms with Crippen LogP contribution in [0.2, 0.25) is 0 Å². The zero-order chi connectivity index (χ0) is 11.8. The van der Waals surface area contributed by atoms with E-state index >= 15 is 0 Å². The molecule has 0 bridgehead atoms. The third-order valence-electron chi connectivity index (χ3n) is 1.65. The summed E-state index contributed by atoms with van der Waals surface area (Å²) in [5.41, 5.74) is 1.57. The van der Waals surface area contributed by atoms with Crippen molar-refractivity contribution in [3.8, 4) is 5.75 Å². The van der Waals surface area contributed by atoms with Crippen LogP contribution in [-0.4, -0.2) is 10.0 Å². The van der Waals surface area contributed by atoms with Crippen molar-refractivity contribution in [1.82, 2.24) is 0 Å².